The topological polar surface area (TPSA) is 113 Å². The Morgan fingerprint density at radius 2 is 1.52 bits per heavy atom. The highest BCUT2D eigenvalue weighted by Gasteiger charge is 2.09. The Kier molecular flexibility index (Phi) is 6.22. The average Bonchev–Trinajstić information content (AvgIpc) is 2.62. The third kappa shape index (κ3) is 5.64. The Labute approximate surface area is 155 Å². The fourth-order valence-corrected chi connectivity index (χ4v) is 2.19. The van der Waals surface area contributed by atoms with Gasteiger partial charge in [0, 0.05) is 28.6 Å². The maximum atomic E-state index is 12.2. The Hall–Kier alpha value is -3.74. The number of carboxylic acids is 1. The molecule has 0 aliphatic heterocycles. The van der Waals surface area contributed by atoms with Crippen LogP contribution in [-0.2, 0) is 9.59 Å². The van der Waals surface area contributed by atoms with Crippen LogP contribution in [0.2, 0.25) is 0 Å². The van der Waals surface area contributed by atoms with E-state index in [0.29, 0.717) is 16.9 Å². The SMILES string of the molecule is CC(=O)c1ccc(NC(=O)/C(C)=C\C(=O)Nc2cccc(C(=O)O)c2)cc1. The zero-order valence-electron chi connectivity index (χ0n) is 14.8. The summed E-state index contributed by atoms with van der Waals surface area (Å²) in [7, 11) is 0. The number of aromatic carboxylic acids is 1. The number of rotatable bonds is 6. The van der Waals surface area contributed by atoms with Gasteiger partial charge in [-0.3, -0.25) is 14.4 Å². The third-order valence-electron chi connectivity index (χ3n) is 3.63. The molecule has 138 valence electrons. The van der Waals surface area contributed by atoms with Crippen molar-refractivity contribution in [2.75, 3.05) is 10.6 Å². The predicted molar refractivity (Wildman–Crippen MR) is 101 cm³/mol. The molecule has 2 amide bonds. The largest absolute Gasteiger partial charge is 0.478 e. The van der Waals surface area contributed by atoms with Crippen LogP contribution >= 0.6 is 0 Å². The molecule has 0 radical (unpaired) electrons. The number of hydrogen-bond donors (Lipinski definition) is 3. The molecule has 7 nitrogen and oxygen atoms in total. The summed E-state index contributed by atoms with van der Waals surface area (Å²) in [4.78, 5) is 46.4. The summed E-state index contributed by atoms with van der Waals surface area (Å²) < 4.78 is 0. The van der Waals surface area contributed by atoms with E-state index in [1.165, 1.54) is 32.0 Å². The first-order valence-corrected chi connectivity index (χ1v) is 8.01. The summed E-state index contributed by atoms with van der Waals surface area (Å²) in [5.74, 6) is -2.21. The first-order valence-electron chi connectivity index (χ1n) is 8.01. The van der Waals surface area contributed by atoms with Crippen molar-refractivity contribution in [2.24, 2.45) is 0 Å². The number of ketones is 1. The second kappa shape index (κ2) is 8.57. The van der Waals surface area contributed by atoms with Crippen molar-refractivity contribution < 1.29 is 24.3 Å². The Bertz CT molecular complexity index is 930. The molecule has 0 bridgehead atoms. The lowest BCUT2D eigenvalue weighted by Crippen LogP contribution is -2.16. The molecule has 0 aliphatic carbocycles. The van der Waals surface area contributed by atoms with Crippen LogP contribution in [0.25, 0.3) is 0 Å². The maximum Gasteiger partial charge on any atom is 0.335 e. The van der Waals surface area contributed by atoms with Crippen LogP contribution in [0.5, 0.6) is 0 Å². The normalized spacial score (nSPS) is 10.8. The van der Waals surface area contributed by atoms with E-state index in [9.17, 15) is 19.2 Å². The maximum absolute atomic E-state index is 12.2. The minimum Gasteiger partial charge on any atom is -0.478 e. The van der Waals surface area contributed by atoms with Gasteiger partial charge in [0.05, 0.1) is 5.56 Å². The smallest absolute Gasteiger partial charge is 0.335 e. The summed E-state index contributed by atoms with van der Waals surface area (Å²) in [5, 5.41) is 14.1. The van der Waals surface area contributed by atoms with Crippen molar-refractivity contribution in [1.29, 1.82) is 0 Å². The van der Waals surface area contributed by atoms with Crippen molar-refractivity contribution in [1.82, 2.24) is 0 Å². The standard InChI is InChI=1S/C20H18N2O5/c1-12(19(25)22-16-8-6-14(7-9-16)13(2)23)10-18(24)21-17-5-3-4-15(11-17)20(26)27/h3-11H,1-2H3,(H,21,24)(H,22,25)(H,26,27)/b12-10-. The molecular weight excluding hydrogens is 348 g/mol. The lowest BCUT2D eigenvalue weighted by molar-refractivity contribution is -0.114. The van der Waals surface area contributed by atoms with Gasteiger partial charge >= 0.3 is 5.97 Å². The van der Waals surface area contributed by atoms with Gasteiger partial charge in [-0.2, -0.15) is 0 Å². The van der Waals surface area contributed by atoms with Crippen LogP contribution in [0.3, 0.4) is 0 Å². The molecule has 2 aromatic rings. The molecule has 7 heteroatoms. The Morgan fingerprint density at radius 3 is 2.11 bits per heavy atom. The zero-order chi connectivity index (χ0) is 20.0. The molecule has 0 fully saturated rings. The molecule has 0 saturated carbocycles. The van der Waals surface area contributed by atoms with Gasteiger partial charge in [-0.1, -0.05) is 6.07 Å². The van der Waals surface area contributed by atoms with Gasteiger partial charge in [-0.25, -0.2) is 4.79 Å². The number of nitrogens with one attached hydrogen (secondary N) is 2. The third-order valence-corrected chi connectivity index (χ3v) is 3.63. The lowest BCUT2D eigenvalue weighted by atomic mass is 10.1. The second-order valence-electron chi connectivity index (χ2n) is 5.79. The Morgan fingerprint density at radius 1 is 0.852 bits per heavy atom. The van der Waals surface area contributed by atoms with E-state index < -0.39 is 17.8 Å². The molecule has 2 rings (SSSR count). The van der Waals surface area contributed by atoms with E-state index in [-0.39, 0.29) is 16.9 Å². The molecule has 0 aliphatic rings. The molecule has 0 atom stereocenters. The highest BCUT2D eigenvalue weighted by Crippen LogP contribution is 2.13. The molecule has 0 heterocycles. The second-order valence-corrected chi connectivity index (χ2v) is 5.79. The quantitative estimate of drug-likeness (QED) is 0.537. The van der Waals surface area contributed by atoms with E-state index in [1.807, 2.05) is 0 Å². The highest BCUT2D eigenvalue weighted by atomic mass is 16.4. The minimum atomic E-state index is -1.10. The number of carbonyl (C=O) groups is 4. The van der Waals surface area contributed by atoms with E-state index in [4.69, 9.17) is 5.11 Å². The first kappa shape index (κ1) is 19.6. The van der Waals surface area contributed by atoms with E-state index in [1.54, 1.807) is 30.3 Å². The van der Waals surface area contributed by atoms with Crippen molar-refractivity contribution in [2.45, 2.75) is 13.8 Å². The van der Waals surface area contributed by atoms with Crippen molar-refractivity contribution in [3.8, 4) is 0 Å². The first-order chi connectivity index (χ1) is 12.8. The van der Waals surface area contributed by atoms with Crippen LogP contribution in [0.4, 0.5) is 11.4 Å². The van der Waals surface area contributed by atoms with Crippen LogP contribution < -0.4 is 10.6 Å². The predicted octanol–water partition coefficient (Wildman–Crippen LogP) is 3.11. The molecule has 0 unspecified atom stereocenters. The van der Waals surface area contributed by atoms with Crippen LogP contribution in [0.1, 0.15) is 34.6 Å². The number of amides is 2. The number of hydrogen-bond acceptors (Lipinski definition) is 4. The number of anilines is 2. The van der Waals surface area contributed by atoms with Gasteiger partial charge in [0.15, 0.2) is 5.78 Å². The molecule has 2 aromatic carbocycles. The van der Waals surface area contributed by atoms with Gasteiger partial charge in [0.1, 0.15) is 0 Å². The molecule has 0 spiro atoms. The monoisotopic (exact) mass is 366 g/mol. The van der Waals surface area contributed by atoms with Crippen molar-refractivity contribution in [3.63, 3.8) is 0 Å². The minimum absolute atomic E-state index is 0.0419. The van der Waals surface area contributed by atoms with Crippen LogP contribution in [-0.4, -0.2) is 28.7 Å². The summed E-state index contributed by atoms with van der Waals surface area (Å²) in [5.41, 5.74) is 1.54. The van der Waals surface area contributed by atoms with Crippen LogP contribution in [0, 0.1) is 0 Å². The fraction of sp³-hybridized carbons (Fsp3) is 0.100. The van der Waals surface area contributed by atoms with Gasteiger partial charge in [0.25, 0.3) is 5.91 Å². The Balaban J connectivity index is 2.01. The van der Waals surface area contributed by atoms with Crippen LogP contribution in [0.15, 0.2) is 60.2 Å². The van der Waals surface area contributed by atoms with Gasteiger partial charge in [0.2, 0.25) is 5.91 Å². The molecule has 0 saturated heterocycles. The molecule has 27 heavy (non-hydrogen) atoms. The summed E-state index contributed by atoms with van der Waals surface area (Å²) >= 11 is 0. The van der Waals surface area contributed by atoms with Gasteiger partial charge in [-0.05, 0) is 56.3 Å². The molecular formula is C20H18N2O5. The highest BCUT2D eigenvalue weighted by molar-refractivity contribution is 6.10. The number of carbonyl (C=O) groups excluding carboxylic acids is 3. The van der Waals surface area contributed by atoms with Crippen molar-refractivity contribution in [3.05, 3.63) is 71.3 Å². The van der Waals surface area contributed by atoms with Gasteiger partial charge in [-0.15, -0.1) is 0 Å². The van der Waals surface area contributed by atoms with E-state index in [2.05, 4.69) is 10.6 Å². The fourth-order valence-electron chi connectivity index (χ4n) is 2.19. The zero-order valence-corrected chi connectivity index (χ0v) is 14.8. The number of Topliss-reactive ketones (excluding diaryl/α,β-unsaturated/α-hetero) is 1. The van der Waals surface area contributed by atoms with Gasteiger partial charge < -0.3 is 15.7 Å². The number of carboxylic acid groups (broad SMARTS) is 1. The average molecular weight is 366 g/mol. The number of benzene rings is 2. The lowest BCUT2D eigenvalue weighted by Gasteiger charge is -2.07. The van der Waals surface area contributed by atoms with Crippen molar-refractivity contribution >= 4 is 34.9 Å². The summed E-state index contributed by atoms with van der Waals surface area (Å²) in [6.07, 6.45) is 1.12. The summed E-state index contributed by atoms with van der Waals surface area (Å²) in [6, 6.07) is 12.2. The molecule has 3 N–H and O–H groups in total. The van der Waals surface area contributed by atoms with E-state index in [0.717, 1.165) is 6.08 Å². The van der Waals surface area contributed by atoms with E-state index >= 15 is 0 Å². The molecule has 0 aromatic heterocycles. The summed E-state index contributed by atoms with van der Waals surface area (Å²) in [6.45, 7) is 2.93.